The van der Waals surface area contributed by atoms with Gasteiger partial charge in [-0.25, -0.2) is 4.39 Å². The summed E-state index contributed by atoms with van der Waals surface area (Å²) < 4.78 is 19.3. The summed E-state index contributed by atoms with van der Waals surface area (Å²) in [4.78, 5) is 11.9. The number of rotatable bonds is 7. The maximum absolute atomic E-state index is 13.1. The van der Waals surface area contributed by atoms with E-state index in [0.717, 1.165) is 31.1 Å². The van der Waals surface area contributed by atoms with Gasteiger partial charge < -0.3 is 15.4 Å². The predicted molar refractivity (Wildman–Crippen MR) is 93.1 cm³/mol. The van der Waals surface area contributed by atoms with Crippen molar-refractivity contribution in [2.45, 2.75) is 23.3 Å². The summed E-state index contributed by atoms with van der Waals surface area (Å²) in [5.74, 6) is -0.405. The molecule has 1 aromatic carbocycles. The lowest BCUT2D eigenvalue weighted by atomic mass is 10.2. The fourth-order valence-corrected chi connectivity index (χ4v) is 3.80. The molecule has 1 amide bonds. The van der Waals surface area contributed by atoms with Gasteiger partial charge >= 0.3 is 0 Å². The number of amides is 1. The third kappa shape index (κ3) is 5.15. The monoisotopic (exact) mass is 368 g/mol. The van der Waals surface area contributed by atoms with E-state index in [4.69, 9.17) is 4.74 Å². The summed E-state index contributed by atoms with van der Waals surface area (Å²) in [6.07, 6.45) is 2.40. The Morgan fingerprint density at radius 1 is 1.46 bits per heavy atom. The predicted octanol–water partition coefficient (Wildman–Crippen LogP) is 3.00. The SMILES string of the molecule is O=C(CSc1nnc(NC[C@@H]2CCCO2)s1)Nc1cccc(F)c1. The Hall–Kier alpha value is -1.71. The van der Waals surface area contributed by atoms with Crippen molar-refractivity contribution in [2.24, 2.45) is 0 Å². The molecule has 0 spiro atoms. The summed E-state index contributed by atoms with van der Waals surface area (Å²) in [7, 11) is 0. The standard InChI is InChI=1S/C15H17FN4O2S2/c16-10-3-1-4-11(7-10)18-13(21)9-23-15-20-19-14(24-15)17-8-12-5-2-6-22-12/h1,3-4,7,12H,2,5-6,8-9H2,(H,17,19)(H,18,21)/t12-/m0/s1. The average molecular weight is 368 g/mol. The first kappa shape index (κ1) is 17.1. The Morgan fingerprint density at radius 2 is 2.38 bits per heavy atom. The number of halogens is 1. The van der Waals surface area contributed by atoms with Crippen LogP contribution < -0.4 is 10.6 Å². The lowest BCUT2D eigenvalue weighted by Crippen LogP contribution is -2.18. The first-order chi connectivity index (χ1) is 11.7. The Kier molecular flexibility index (Phi) is 6.00. The van der Waals surface area contributed by atoms with Gasteiger partial charge in [0.15, 0.2) is 4.34 Å². The minimum atomic E-state index is -0.383. The van der Waals surface area contributed by atoms with Crippen molar-refractivity contribution in [1.29, 1.82) is 0 Å². The summed E-state index contributed by atoms with van der Waals surface area (Å²) >= 11 is 2.70. The van der Waals surface area contributed by atoms with Gasteiger partial charge in [-0.3, -0.25) is 4.79 Å². The van der Waals surface area contributed by atoms with E-state index in [1.54, 1.807) is 12.1 Å². The largest absolute Gasteiger partial charge is 0.376 e. The van der Waals surface area contributed by atoms with Crippen LogP contribution in [0.25, 0.3) is 0 Å². The molecule has 0 radical (unpaired) electrons. The maximum Gasteiger partial charge on any atom is 0.234 e. The summed E-state index contributed by atoms with van der Waals surface area (Å²) in [5.41, 5.74) is 0.441. The minimum absolute atomic E-state index is 0.191. The lowest BCUT2D eigenvalue weighted by Gasteiger charge is -2.08. The van der Waals surface area contributed by atoms with E-state index >= 15 is 0 Å². The topological polar surface area (TPSA) is 76.1 Å². The number of ether oxygens (including phenoxy) is 1. The molecule has 1 aliphatic rings. The maximum atomic E-state index is 13.1. The zero-order valence-corrected chi connectivity index (χ0v) is 14.5. The highest BCUT2D eigenvalue weighted by atomic mass is 32.2. The van der Waals surface area contributed by atoms with E-state index in [1.165, 1.54) is 35.2 Å². The van der Waals surface area contributed by atoms with E-state index in [0.29, 0.717) is 10.0 Å². The molecule has 1 aliphatic heterocycles. The summed E-state index contributed by atoms with van der Waals surface area (Å²) in [6, 6.07) is 5.80. The Balaban J connectivity index is 1.42. The molecule has 1 saturated heterocycles. The van der Waals surface area contributed by atoms with Gasteiger partial charge in [0, 0.05) is 18.8 Å². The highest BCUT2D eigenvalue weighted by Gasteiger charge is 2.16. The second-order valence-electron chi connectivity index (χ2n) is 5.24. The molecule has 24 heavy (non-hydrogen) atoms. The molecular formula is C15H17FN4O2S2. The smallest absolute Gasteiger partial charge is 0.234 e. The molecule has 0 aliphatic carbocycles. The van der Waals surface area contributed by atoms with Crippen LogP contribution in [0.5, 0.6) is 0 Å². The summed E-state index contributed by atoms with van der Waals surface area (Å²) in [5, 5.41) is 14.7. The number of nitrogens with zero attached hydrogens (tertiary/aromatic N) is 2. The molecule has 128 valence electrons. The fourth-order valence-electron chi connectivity index (χ4n) is 2.24. The number of aromatic nitrogens is 2. The second kappa shape index (κ2) is 8.41. The van der Waals surface area contributed by atoms with Crippen LogP contribution in [0, 0.1) is 5.82 Å². The van der Waals surface area contributed by atoms with Crippen LogP contribution in [0.3, 0.4) is 0 Å². The molecule has 9 heteroatoms. The number of hydrogen-bond acceptors (Lipinski definition) is 7. The van der Waals surface area contributed by atoms with Crippen molar-refractivity contribution in [3.05, 3.63) is 30.1 Å². The fraction of sp³-hybridized carbons (Fsp3) is 0.400. The zero-order chi connectivity index (χ0) is 16.8. The van der Waals surface area contributed by atoms with Gasteiger partial charge in [0.25, 0.3) is 0 Å². The van der Waals surface area contributed by atoms with Crippen molar-refractivity contribution >= 4 is 39.8 Å². The van der Waals surface area contributed by atoms with Crippen LogP contribution >= 0.6 is 23.1 Å². The molecule has 3 rings (SSSR count). The quantitative estimate of drug-likeness (QED) is 0.732. The van der Waals surface area contributed by atoms with E-state index in [9.17, 15) is 9.18 Å². The number of carbonyl (C=O) groups is 1. The third-order valence-corrected chi connectivity index (χ3v) is 5.36. The molecule has 6 nitrogen and oxygen atoms in total. The van der Waals surface area contributed by atoms with Crippen LogP contribution in [0.2, 0.25) is 0 Å². The van der Waals surface area contributed by atoms with Crippen LogP contribution in [0.15, 0.2) is 28.6 Å². The zero-order valence-electron chi connectivity index (χ0n) is 12.8. The molecule has 0 unspecified atom stereocenters. The van der Waals surface area contributed by atoms with Gasteiger partial charge in [0.1, 0.15) is 5.82 Å². The molecule has 2 N–H and O–H groups in total. The van der Waals surface area contributed by atoms with Gasteiger partial charge in [-0.1, -0.05) is 29.2 Å². The van der Waals surface area contributed by atoms with E-state index < -0.39 is 0 Å². The molecule has 2 aromatic rings. The van der Waals surface area contributed by atoms with Crippen molar-refractivity contribution in [1.82, 2.24) is 10.2 Å². The number of nitrogens with one attached hydrogen (secondary N) is 2. The van der Waals surface area contributed by atoms with Gasteiger partial charge in [0.2, 0.25) is 11.0 Å². The first-order valence-electron chi connectivity index (χ1n) is 7.56. The molecule has 2 heterocycles. The molecule has 0 bridgehead atoms. The van der Waals surface area contributed by atoms with Crippen molar-refractivity contribution < 1.29 is 13.9 Å². The van der Waals surface area contributed by atoms with Gasteiger partial charge in [-0.05, 0) is 31.0 Å². The van der Waals surface area contributed by atoms with Crippen LogP contribution in [0.1, 0.15) is 12.8 Å². The number of thioether (sulfide) groups is 1. The Morgan fingerprint density at radius 3 is 3.17 bits per heavy atom. The highest BCUT2D eigenvalue weighted by Crippen LogP contribution is 2.26. The molecule has 1 fully saturated rings. The van der Waals surface area contributed by atoms with Crippen LogP contribution in [-0.2, 0) is 9.53 Å². The van der Waals surface area contributed by atoms with Crippen molar-refractivity contribution in [2.75, 3.05) is 29.5 Å². The van der Waals surface area contributed by atoms with Crippen LogP contribution in [-0.4, -0.2) is 41.1 Å². The number of anilines is 2. The Bertz CT molecular complexity index is 692. The lowest BCUT2D eigenvalue weighted by molar-refractivity contribution is -0.113. The normalized spacial score (nSPS) is 17.0. The van der Waals surface area contributed by atoms with Gasteiger partial charge in [-0.15, -0.1) is 10.2 Å². The Labute approximate surface area is 147 Å². The third-order valence-electron chi connectivity index (χ3n) is 3.35. The van der Waals surface area contributed by atoms with E-state index in [-0.39, 0.29) is 23.6 Å². The molecule has 1 aromatic heterocycles. The van der Waals surface area contributed by atoms with E-state index in [2.05, 4.69) is 20.8 Å². The van der Waals surface area contributed by atoms with E-state index in [1.807, 2.05) is 0 Å². The summed E-state index contributed by atoms with van der Waals surface area (Å²) in [6.45, 7) is 1.54. The number of benzene rings is 1. The first-order valence-corrected chi connectivity index (χ1v) is 9.36. The second-order valence-corrected chi connectivity index (χ2v) is 7.44. The van der Waals surface area contributed by atoms with Crippen LogP contribution in [0.4, 0.5) is 15.2 Å². The number of carbonyl (C=O) groups excluding carboxylic acids is 1. The minimum Gasteiger partial charge on any atom is -0.376 e. The van der Waals surface area contributed by atoms with Crippen molar-refractivity contribution in [3.63, 3.8) is 0 Å². The number of hydrogen-bond donors (Lipinski definition) is 2. The van der Waals surface area contributed by atoms with Gasteiger partial charge in [-0.2, -0.15) is 0 Å². The highest BCUT2D eigenvalue weighted by molar-refractivity contribution is 8.01. The average Bonchev–Trinajstić information content (AvgIpc) is 3.23. The molecule has 0 saturated carbocycles. The molecule has 1 atom stereocenters. The molecular weight excluding hydrogens is 351 g/mol. The van der Waals surface area contributed by atoms with Gasteiger partial charge in [0.05, 0.1) is 11.9 Å². The van der Waals surface area contributed by atoms with Crippen molar-refractivity contribution in [3.8, 4) is 0 Å².